The third-order valence-electron chi connectivity index (χ3n) is 4.68. The first-order chi connectivity index (χ1) is 12.1. The van der Waals surface area contributed by atoms with Crippen LogP contribution in [0, 0.1) is 0 Å². The maximum absolute atomic E-state index is 12.5. The molecule has 25 heavy (non-hydrogen) atoms. The van der Waals surface area contributed by atoms with Crippen molar-refractivity contribution in [2.24, 2.45) is 7.05 Å². The summed E-state index contributed by atoms with van der Waals surface area (Å²) in [5.41, 5.74) is 1.77. The smallest absolute Gasteiger partial charge is 0.254 e. The summed E-state index contributed by atoms with van der Waals surface area (Å²) < 4.78 is 7.66. The Morgan fingerprint density at radius 2 is 1.92 bits per heavy atom. The van der Waals surface area contributed by atoms with Gasteiger partial charge in [-0.3, -0.25) is 14.5 Å². The number of aromatic nitrogens is 3. The summed E-state index contributed by atoms with van der Waals surface area (Å²) in [6.07, 6.45) is 10.2. The molecule has 0 aliphatic heterocycles. The summed E-state index contributed by atoms with van der Waals surface area (Å²) in [4.78, 5) is 16.5. The molecule has 1 fully saturated rings. The maximum atomic E-state index is 12.5. The molecule has 2 aromatic rings. The summed E-state index contributed by atoms with van der Waals surface area (Å²) in [6, 6.07) is 5.66. The number of carbonyl (C=O) groups is 1. The highest BCUT2D eigenvalue weighted by molar-refractivity contribution is 5.93. The second-order valence-corrected chi connectivity index (χ2v) is 6.66. The number of nitrogens with zero attached hydrogens (tertiary/aromatic N) is 3. The molecule has 2 aromatic heterocycles. The first-order valence-corrected chi connectivity index (χ1v) is 9.04. The Labute approximate surface area is 148 Å². The molecule has 134 valence electrons. The Balaban J connectivity index is 1.61. The van der Waals surface area contributed by atoms with Crippen LogP contribution in [0.25, 0.3) is 11.3 Å². The van der Waals surface area contributed by atoms with Gasteiger partial charge in [0.1, 0.15) is 11.9 Å². The first kappa shape index (κ1) is 17.6. The van der Waals surface area contributed by atoms with Crippen molar-refractivity contribution in [2.45, 2.75) is 57.7 Å². The van der Waals surface area contributed by atoms with Gasteiger partial charge in [0, 0.05) is 31.1 Å². The molecule has 0 aromatic carbocycles. The van der Waals surface area contributed by atoms with Crippen molar-refractivity contribution in [1.29, 1.82) is 0 Å². The lowest BCUT2D eigenvalue weighted by Crippen LogP contribution is -2.32. The summed E-state index contributed by atoms with van der Waals surface area (Å²) in [6.45, 7) is 1.82. The number of pyridine rings is 1. The minimum Gasteiger partial charge on any atom is -0.365 e. The maximum Gasteiger partial charge on any atom is 0.254 e. The molecule has 6 heteroatoms. The van der Waals surface area contributed by atoms with Crippen molar-refractivity contribution in [2.75, 3.05) is 5.32 Å². The number of hydrogen-bond donors (Lipinski definition) is 1. The number of hydrogen-bond acceptors (Lipinski definition) is 4. The zero-order valence-corrected chi connectivity index (χ0v) is 14.9. The van der Waals surface area contributed by atoms with Gasteiger partial charge in [0.25, 0.3) is 5.91 Å². The van der Waals surface area contributed by atoms with Gasteiger partial charge in [0.2, 0.25) is 0 Å². The van der Waals surface area contributed by atoms with E-state index in [1.165, 1.54) is 25.7 Å². The fraction of sp³-hybridized carbons (Fsp3) is 0.526. The van der Waals surface area contributed by atoms with Gasteiger partial charge >= 0.3 is 0 Å². The first-order valence-electron chi connectivity index (χ1n) is 9.04. The largest absolute Gasteiger partial charge is 0.365 e. The summed E-state index contributed by atoms with van der Waals surface area (Å²) in [7, 11) is 1.82. The minimum absolute atomic E-state index is 0.131. The molecule has 3 rings (SSSR count). The number of ether oxygens (including phenoxy) is 1. The second kappa shape index (κ2) is 8.25. The molecular formula is C19H26N4O2. The molecule has 0 saturated heterocycles. The van der Waals surface area contributed by atoms with E-state index >= 15 is 0 Å². The van der Waals surface area contributed by atoms with Gasteiger partial charge in [-0.1, -0.05) is 25.7 Å². The normalized spacial score (nSPS) is 17.0. The molecular weight excluding hydrogens is 316 g/mol. The summed E-state index contributed by atoms with van der Waals surface area (Å²) in [5.74, 6) is 0.529. The number of nitrogens with one attached hydrogen (secondary N) is 1. The van der Waals surface area contributed by atoms with Crippen LogP contribution in [-0.4, -0.2) is 32.9 Å². The van der Waals surface area contributed by atoms with Crippen LogP contribution < -0.4 is 5.32 Å². The van der Waals surface area contributed by atoms with E-state index < -0.39 is 6.10 Å². The molecule has 1 atom stereocenters. The van der Waals surface area contributed by atoms with Gasteiger partial charge in [0.15, 0.2) is 0 Å². The molecule has 1 N–H and O–H groups in total. The van der Waals surface area contributed by atoms with E-state index in [1.807, 2.05) is 32.2 Å². The van der Waals surface area contributed by atoms with Crippen LogP contribution in [0.4, 0.5) is 5.82 Å². The second-order valence-electron chi connectivity index (χ2n) is 6.66. The molecule has 1 aliphatic rings. The predicted octanol–water partition coefficient (Wildman–Crippen LogP) is 3.55. The topological polar surface area (TPSA) is 69.0 Å². The molecule has 6 nitrogen and oxygen atoms in total. The Morgan fingerprint density at radius 3 is 2.60 bits per heavy atom. The third-order valence-corrected chi connectivity index (χ3v) is 4.68. The van der Waals surface area contributed by atoms with Crippen LogP contribution in [0.1, 0.15) is 45.4 Å². The van der Waals surface area contributed by atoms with Gasteiger partial charge in [-0.2, -0.15) is 5.10 Å². The summed E-state index contributed by atoms with van der Waals surface area (Å²) in [5, 5.41) is 7.38. The Kier molecular flexibility index (Phi) is 5.81. The Bertz CT molecular complexity index is 691. The zero-order chi connectivity index (χ0) is 17.6. The van der Waals surface area contributed by atoms with E-state index in [4.69, 9.17) is 4.74 Å². The van der Waals surface area contributed by atoms with Crippen LogP contribution in [0.15, 0.2) is 30.6 Å². The van der Waals surface area contributed by atoms with Gasteiger partial charge < -0.3 is 10.1 Å². The van der Waals surface area contributed by atoms with E-state index in [0.29, 0.717) is 5.82 Å². The van der Waals surface area contributed by atoms with E-state index in [9.17, 15) is 4.79 Å². The Morgan fingerprint density at radius 1 is 1.24 bits per heavy atom. The van der Waals surface area contributed by atoms with Crippen LogP contribution in [-0.2, 0) is 16.6 Å². The number of aryl methyl sites for hydroxylation is 1. The van der Waals surface area contributed by atoms with Crippen LogP contribution in [0.2, 0.25) is 0 Å². The highest BCUT2D eigenvalue weighted by Gasteiger charge is 2.21. The van der Waals surface area contributed by atoms with Crippen molar-refractivity contribution in [3.63, 3.8) is 0 Å². The number of carbonyl (C=O) groups excluding carboxylic acids is 1. The van der Waals surface area contributed by atoms with Gasteiger partial charge in [-0.15, -0.1) is 0 Å². The standard InChI is InChI=1S/C19H26N4O2/c1-14(25-16-7-5-3-4-6-8-16)19(24)21-18-13-17(22-23(18)2)15-9-11-20-12-10-15/h9-14,16H,3-8H2,1-2H3,(H,21,24)/t14-/m1/s1. The van der Waals surface area contributed by atoms with Crippen molar-refractivity contribution in [3.05, 3.63) is 30.6 Å². The zero-order valence-electron chi connectivity index (χ0n) is 14.9. The molecule has 2 heterocycles. The summed E-state index contributed by atoms with van der Waals surface area (Å²) >= 11 is 0. The van der Waals surface area contributed by atoms with Crippen LogP contribution in [0.5, 0.6) is 0 Å². The molecule has 0 bridgehead atoms. The van der Waals surface area contributed by atoms with Gasteiger partial charge in [0.05, 0.1) is 11.8 Å². The lowest BCUT2D eigenvalue weighted by atomic mass is 10.1. The fourth-order valence-electron chi connectivity index (χ4n) is 3.20. The van der Waals surface area contributed by atoms with Crippen LogP contribution >= 0.6 is 0 Å². The molecule has 0 unspecified atom stereocenters. The average molecular weight is 342 g/mol. The lowest BCUT2D eigenvalue weighted by Gasteiger charge is -2.20. The van der Waals surface area contributed by atoms with Crippen molar-refractivity contribution >= 4 is 11.7 Å². The number of anilines is 1. The van der Waals surface area contributed by atoms with Gasteiger partial charge in [-0.25, -0.2) is 0 Å². The third kappa shape index (κ3) is 4.66. The number of rotatable bonds is 5. The Hall–Kier alpha value is -2.21. The molecule has 1 amide bonds. The van der Waals surface area contributed by atoms with Gasteiger partial charge in [-0.05, 0) is 31.9 Å². The van der Waals surface area contributed by atoms with Crippen molar-refractivity contribution < 1.29 is 9.53 Å². The lowest BCUT2D eigenvalue weighted by molar-refractivity contribution is -0.130. The fourth-order valence-corrected chi connectivity index (χ4v) is 3.20. The van der Waals surface area contributed by atoms with E-state index in [2.05, 4.69) is 15.4 Å². The minimum atomic E-state index is -0.470. The van der Waals surface area contributed by atoms with E-state index in [0.717, 1.165) is 24.1 Å². The molecule has 1 aliphatic carbocycles. The average Bonchev–Trinajstić information content (AvgIpc) is 2.82. The number of amides is 1. The molecule has 0 spiro atoms. The molecule has 1 saturated carbocycles. The highest BCUT2D eigenvalue weighted by Crippen LogP contribution is 2.23. The van der Waals surface area contributed by atoms with Crippen LogP contribution in [0.3, 0.4) is 0 Å². The predicted molar refractivity (Wildman–Crippen MR) is 97.1 cm³/mol. The quantitative estimate of drug-likeness (QED) is 0.844. The molecule has 0 radical (unpaired) electrons. The van der Waals surface area contributed by atoms with E-state index in [1.54, 1.807) is 17.1 Å². The van der Waals surface area contributed by atoms with Crippen molar-refractivity contribution in [3.8, 4) is 11.3 Å². The van der Waals surface area contributed by atoms with Crippen molar-refractivity contribution in [1.82, 2.24) is 14.8 Å². The van der Waals surface area contributed by atoms with E-state index in [-0.39, 0.29) is 12.0 Å². The monoisotopic (exact) mass is 342 g/mol. The highest BCUT2D eigenvalue weighted by atomic mass is 16.5. The SMILES string of the molecule is C[C@@H](OC1CCCCCC1)C(=O)Nc1cc(-c2ccncc2)nn1C.